The molecule has 0 spiro atoms. The van der Waals surface area contributed by atoms with E-state index in [0.717, 1.165) is 11.3 Å². The van der Waals surface area contributed by atoms with Gasteiger partial charge in [0.2, 0.25) is 11.8 Å². The number of methoxy groups -OCH3 is 1. The summed E-state index contributed by atoms with van der Waals surface area (Å²) in [6.07, 6.45) is -1.20. The van der Waals surface area contributed by atoms with Crippen molar-refractivity contribution in [2.75, 3.05) is 19.5 Å². The van der Waals surface area contributed by atoms with E-state index < -0.39 is 55.1 Å². The molecule has 0 saturated carbocycles. The molecule has 1 unspecified atom stereocenters. The van der Waals surface area contributed by atoms with Crippen molar-refractivity contribution in [2.45, 2.75) is 38.2 Å². The van der Waals surface area contributed by atoms with Gasteiger partial charge in [0, 0.05) is 12.1 Å². The Morgan fingerprint density at radius 3 is 2.53 bits per heavy atom. The Labute approximate surface area is 255 Å². The second-order valence-electron chi connectivity index (χ2n) is 10.1. The van der Waals surface area contributed by atoms with Gasteiger partial charge >= 0.3 is 16.3 Å². The van der Waals surface area contributed by atoms with Gasteiger partial charge < -0.3 is 13.9 Å². The highest BCUT2D eigenvalue weighted by molar-refractivity contribution is 7.92. The molecule has 0 fully saturated rings. The Bertz CT molecular complexity index is 1840. The summed E-state index contributed by atoms with van der Waals surface area (Å²) in [5.74, 6) is -1.53. The minimum Gasteiger partial charge on any atom is -0.443 e. The van der Waals surface area contributed by atoms with Gasteiger partial charge in [-0.3, -0.25) is 0 Å². The van der Waals surface area contributed by atoms with Crippen molar-refractivity contribution < 1.29 is 39.9 Å². The van der Waals surface area contributed by atoms with Gasteiger partial charge in [0.1, 0.15) is 16.4 Å². The minimum absolute atomic E-state index is 0.114. The largest absolute Gasteiger partial charge is 0.443 e. The fourth-order valence-electron chi connectivity index (χ4n) is 3.73. The SMILES string of the molecule is COCCS(=O)(=O)C(c1nnc(CNS(=O)(=O)NC(=O)OC(C)(C)C)o1)c1nc2ccc(-c3cc(F)cc(Cl)c3)cc2s1. The van der Waals surface area contributed by atoms with Crippen LogP contribution in [-0.4, -0.2) is 63.2 Å². The molecule has 4 rings (SSSR count). The molecule has 2 aromatic heterocycles. The van der Waals surface area contributed by atoms with Crippen molar-refractivity contribution in [3.63, 3.8) is 0 Å². The molecule has 13 nitrogen and oxygen atoms in total. The highest BCUT2D eigenvalue weighted by Gasteiger charge is 2.37. The molecule has 0 aliphatic carbocycles. The van der Waals surface area contributed by atoms with Crippen LogP contribution in [0.1, 0.15) is 42.8 Å². The minimum atomic E-state index is -4.38. The highest BCUT2D eigenvalue weighted by Crippen LogP contribution is 2.37. The summed E-state index contributed by atoms with van der Waals surface area (Å²) in [4.78, 5) is 16.3. The van der Waals surface area contributed by atoms with Gasteiger partial charge in [-0.05, 0) is 62.2 Å². The maximum Gasteiger partial charge on any atom is 0.422 e. The maximum absolute atomic E-state index is 13.9. The lowest BCUT2D eigenvalue weighted by atomic mass is 10.1. The number of hydrogen-bond donors (Lipinski definition) is 2. The van der Waals surface area contributed by atoms with Crippen LogP contribution in [0.2, 0.25) is 5.02 Å². The topological polar surface area (TPSA) is 180 Å². The van der Waals surface area contributed by atoms with Gasteiger partial charge in [0.15, 0.2) is 15.1 Å². The number of hydrogen-bond acceptors (Lipinski definition) is 12. The second kappa shape index (κ2) is 12.8. The Morgan fingerprint density at radius 1 is 1.12 bits per heavy atom. The lowest BCUT2D eigenvalue weighted by molar-refractivity contribution is 0.0569. The summed E-state index contributed by atoms with van der Waals surface area (Å²) in [5.41, 5.74) is 0.699. The average Bonchev–Trinajstić information content (AvgIpc) is 3.50. The van der Waals surface area contributed by atoms with Crippen LogP contribution in [0.25, 0.3) is 21.3 Å². The fraction of sp³-hybridized carbons (Fsp3) is 0.360. The molecule has 18 heteroatoms. The van der Waals surface area contributed by atoms with Crippen LogP contribution in [-0.2, 0) is 36.1 Å². The van der Waals surface area contributed by atoms with Crippen molar-refractivity contribution >= 4 is 59.3 Å². The summed E-state index contributed by atoms with van der Waals surface area (Å²) >= 11 is 7.06. The molecular formula is C25H27ClFN5O8S3. The van der Waals surface area contributed by atoms with Crippen molar-refractivity contribution in [3.05, 3.63) is 64.0 Å². The van der Waals surface area contributed by atoms with Gasteiger partial charge in [0.05, 0.1) is 29.1 Å². The molecular weight excluding hydrogens is 649 g/mol. The van der Waals surface area contributed by atoms with Gasteiger partial charge in [-0.25, -0.2) is 27.3 Å². The van der Waals surface area contributed by atoms with Crippen molar-refractivity contribution in [2.24, 2.45) is 0 Å². The number of aromatic nitrogens is 3. The number of halogens is 2. The van der Waals surface area contributed by atoms with Crippen LogP contribution in [0.5, 0.6) is 0 Å². The van der Waals surface area contributed by atoms with Crippen LogP contribution >= 0.6 is 22.9 Å². The molecule has 0 aliphatic rings. The Hall–Kier alpha value is -3.22. The van der Waals surface area contributed by atoms with E-state index in [2.05, 4.69) is 19.9 Å². The molecule has 0 radical (unpaired) electrons. The summed E-state index contributed by atoms with van der Waals surface area (Å²) in [7, 11) is -7.06. The predicted molar refractivity (Wildman–Crippen MR) is 157 cm³/mol. The van der Waals surface area contributed by atoms with E-state index in [1.807, 2.05) is 0 Å². The molecule has 2 aromatic carbocycles. The van der Waals surface area contributed by atoms with Crippen molar-refractivity contribution in [3.8, 4) is 11.1 Å². The molecule has 43 heavy (non-hydrogen) atoms. The third-order valence-electron chi connectivity index (χ3n) is 5.49. The first-order chi connectivity index (χ1) is 20.0. The van der Waals surface area contributed by atoms with Gasteiger partial charge in [-0.15, -0.1) is 21.5 Å². The van der Waals surface area contributed by atoms with Gasteiger partial charge in [-0.2, -0.15) is 13.1 Å². The van der Waals surface area contributed by atoms with E-state index in [1.54, 1.807) is 49.8 Å². The van der Waals surface area contributed by atoms with E-state index in [-0.39, 0.29) is 28.4 Å². The first-order valence-electron chi connectivity index (χ1n) is 12.5. The fourth-order valence-corrected chi connectivity index (χ4v) is 7.56. The number of benzene rings is 2. The number of nitrogens with zero attached hydrogens (tertiary/aromatic N) is 3. The van der Waals surface area contributed by atoms with E-state index in [9.17, 15) is 26.0 Å². The zero-order valence-corrected chi connectivity index (χ0v) is 26.5. The monoisotopic (exact) mass is 675 g/mol. The molecule has 0 aliphatic heterocycles. The zero-order valence-electron chi connectivity index (χ0n) is 23.3. The van der Waals surface area contributed by atoms with E-state index in [4.69, 9.17) is 25.5 Å². The first kappa shape index (κ1) is 32.7. The molecule has 1 atom stereocenters. The number of rotatable bonds is 11. The number of carbonyl (C=O) groups excluding carboxylic acids is 1. The second-order valence-corrected chi connectivity index (χ2v) is 15.3. The molecule has 2 heterocycles. The summed E-state index contributed by atoms with van der Waals surface area (Å²) in [6.45, 7) is 4.01. The number of fused-ring (bicyclic) bond motifs is 1. The number of thiazole rings is 1. The van der Waals surface area contributed by atoms with Crippen molar-refractivity contribution in [1.29, 1.82) is 0 Å². The summed E-state index contributed by atoms with van der Waals surface area (Å²) in [6, 6.07) is 9.20. The molecule has 4 aromatic rings. The lowest BCUT2D eigenvalue weighted by Crippen LogP contribution is -2.42. The molecule has 0 bridgehead atoms. The third kappa shape index (κ3) is 8.67. The number of sulfone groups is 1. The van der Waals surface area contributed by atoms with E-state index in [1.165, 1.54) is 19.2 Å². The number of amides is 1. The lowest BCUT2D eigenvalue weighted by Gasteiger charge is -2.19. The smallest absolute Gasteiger partial charge is 0.422 e. The van der Waals surface area contributed by atoms with Crippen LogP contribution in [0.4, 0.5) is 9.18 Å². The number of nitrogens with one attached hydrogen (secondary N) is 2. The molecule has 0 saturated heterocycles. The standard InChI is InChI=1S/C25H27ClFN5O8S3/c1-25(2,3)40-24(33)32-43(36,37)28-13-20-30-31-22(39-20)21(42(34,35)8-7-38-4)23-29-18-6-5-14(11-19(18)41-23)15-9-16(26)12-17(27)10-15/h5-6,9-12,21,28H,7-8,13H2,1-4H3,(H,32,33). The normalized spacial score (nSPS) is 13.3. The molecule has 1 amide bonds. The highest BCUT2D eigenvalue weighted by atomic mass is 35.5. The Morgan fingerprint density at radius 2 is 1.86 bits per heavy atom. The Kier molecular flexibility index (Phi) is 9.72. The first-order valence-corrected chi connectivity index (χ1v) is 16.8. The van der Waals surface area contributed by atoms with Gasteiger partial charge in [-0.1, -0.05) is 17.7 Å². The van der Waals surface area contributed by atoms with Crippen LogP contribution in [0, 0.1) is 5.82 Å². The summed E-state index contributed by atoms with van der Waals surface area (Å²) < 4.78 is 85.1. The van der Waals surface area contributed by atoms with E-state index in [0.29, 0.717) is 21.3 Å². The quantitative estimate of drug-likeness (QED) is 0.233. The Balaban J connectivity index is 1.62. The molecule has 2 N–H and O–H groups in total. The molecule has 232 valence electrons. The number of ether oxygens (including phenoxy) is 2. The summed E-state index contributed by atoms with van der Waals surface area (Å²) in [5, 5.41) is 6.47. The predicted octanol–water partition coefficient (Wildman–Crippen LogP) is 4.15. The van der Waals surface area contributed by atoms with E-state index >= 15 is 0 Å². The zero-order chi connectivity index (χ0) is 31.6. The van der Waals surface area contributed by atoms with Crippen LogP contribution in [0.15, 0.2) is 40.8 Å². The van der Waals surface area contributed by atoms with Crippen LogP contribution < -0.4 is 9.44 Å². The van der Waals surface area contributed by atoms with Gasteiger partial charge in [0.25, 0.3) is 0 Å². The van der Waals surface area contributed by atoms with Crippen LogP contribution in [0.3, 0.4) is 0 Å². The van der Waals surface area contributed by atoms with Crippen molar-refractivity contribution in [1.82, 2.24) is 24.6 Å². The maximum atomic E-state index is 13.9. The number of carbonyl (C=O) groups is 1. The third-order valence-corrected chi connectivity index (χ3v) is 9.78. The average molecular weight is 676 g/mol.